The fraction of sp³-hybridized carbons (Fsp3) is 0.538. The SMILES string of the molecule is CCN(CC)P1(=O)N(C)CCN1c1ccccc1. The molecule has 4 nitrogen and oxygen atoms in total. The first-order valence-corrected chi connectivity index (χ1v) is 8.11. The number of rotatable bonds is 4. The molecule has 2 rings (SSSR count). The molecule has 1 aromatic rings. The van der Waals surface area contributed by atoms with Gasteiger partial charge in [0, 0.05) is 31.9 Å². The van der Waals surface area contributed by atoms with Crippen molar-refractivity contribution in [2.24, 2.45) is 0 Å². The Kier molecular flexibility index (Phi) is 4.10. The van der Waals surface area contributed by atoms with Crippen LogP contribution >= 0.6 is 7.59 Å². The Balaban J connectivity index is 2.39. The van der Waals surface area contributed by atoms with Gasteiger partial charge in [0.1, 0.15) is 0 Å². The molecule has 0 bridgehead atoms. The van der Waals surface area contributed by atoms with E-state index >= 15 is 0 Å². The lowest BCUT2D eigenvalue weighted by Gasteiger charge is -2.37. The van der Waals surface area contributed by atoms with Crippen LogP contribution in [0.1, 0.15) is 13.8 Å². The van der Waals surface area contributed by atoms with E-state index in [1.54, 1.807) is 0 Å². The maximum Gasteiger partial charge on any atom is 0.310 e. The van der Waals surface area contributed by atoms with E-state index in [0.717, 1.165) is 31.9 Å². The summed E-state index contributed by atoms with van der Waals surface area (Å²) in [4.78, 5) is 0. The second-order valence-electron chi connectivity index (χ2n) is 4.49. The van der Waals surface area contributed by atoms with Gasteiger partial charge in [-0.2, -0.15) is 0 Å². The van der Waals surface area contributed by atoms with E-state index in [2.05, 4.69) is 23.2 Å². The summed E-state index contributed by atoms with van der Waals surface area (Å²) < 4.78 is 19.6. The third kappa shape index (κ3) is 2.09. The van der Waals surface area contributed by atoms with Gasteiger partial charge in [-0.25, -0.2) is 9.34 Å². The molecule has 1 atom stereocenters. The Morgan fingerprint density at radius 2 is 1.78 bits per heavy atom. The zero-order valence-electron chi connectivity index (χ0n) is 11.4. The largest absolute Gasteiger partial charge is 0.310 e. The van der Waals surface area contributed by atoms with Crippen LogP contribution in [-0.4, -0.2) is 42.6 Å². The summed E-state index contributed by atoms with van der Waals surface area (Å²) in [6.45, 7) is 7.43. The molecule has 1 saturated heterocycles. The van der Waals surface area contributed by atoms with Crippen molar-refractivity contribution in [3.05, 3.63) is 30.3 Å². The number of likely N-dealkylation sites (N-methyl/N-ethyl adjacent to an activating group) is 1. The van der Waals surface area contributed by atoms with Gasteiger partial charge < -0.3 is 0 Å². The van der Waals surface area contributed by atoms with Crippen molar-refractivity contribution >= 4 is 13.3 Å². The van der Waals surface area contributed by atoms with E-state index in [1.165, 1.54) is 0 Å². The van der Waals surface area contributed by atoms with Gasteiger partial charge in [0.15, 0.2) is 0 Å². The van der Waals surface area contributed by atoms with Crippen LogP contribution in [-0.2, 0) is 4.57 Å². The smallest absolute Gasteiger partial charge is 0.298 e. The Labute approximate surface area is 110 Å². The molecule has 0 radical (unpaired) electrons. The fourth-order valence-electron chi connectivity index (χ4n) is 2.52. The van der Waals surface area contributed by atoms with Crippen molar-refractivity contribution in [3.8, 4) is 0 Å². The van der Waals surface area contributed by atoms with Gasteiger partial charge in [-0.15, -0.1) is 0 Å². The van der Waals surface area contributed by atoms with E-state index in [4.69, 9.17) is 0 Å². The van der Waals surface area contributed by atoms with Crippen LogP contribution in [0.3, 0.4) is 0 Å². The summed E-state index contributed by atoms with van der Waals surface area (Å²) in [6, 6.07) is 10.1. The highest BCUT2D eigenvalue weighted by atomic mass is 31.2. The number of hydrogen-bond donors (Lipinski definition) is 0. The number of hydrogen-bond acceptors (Lipinski definition) is 1. The standard InChI is InChI=1S/C13H22N3OP/c1-4-15(5-2)18(17)14(3)11-12-16(18)13-9-7-6-8-10-13/h6-10H,4-5,11-12H2,1-3H3. The second-order valence-corrected chi connectivity index (χ2v) is 7.25. The van der Waals surface area contributed by atoms with Crippen LogP contribution in [0.4, 0.5) is 5.69 Å². The molecule has 1 aromatic carbocycles. The van der Waals surface area contributed by atoms with Gasteiger partial charge in [0.2, 0.25) is 0 Å². The normalized spacial score (nSPS) is 25.0. The van der Waals surface area contributed by atoms with Crippen molar-refractivity contribution in [2.45, 2.75) is 13.8 Å². The van der Waals surface area contributed by atoms with Crippen molar-refractivity contribution in [1.82, 2.24) is 9.34 Å². The van der Waals surface area contributed by atoms with Gasteiger partial charge in [-0.1, -0.05) is 32.0 Å². The minimum absolute atomic E-state index is 0.807. The Bertz CT molecular complexity index is 433. The van der Waals surface area contributed by atoms with Gasteiger partial charge >= 0.3 is 7.59 Å². The first-order valence-electron chi connectivity index (χ1n) is 6.54. The maximum absolute atomic E-state index is 13.4. The van der Waals surface area contributed by atoms with Crippen molar-refractivity contribution in [2.75, 3.05) is 37.9 Å². The molecule has 5 heteroatoms. The fourth-order valence-corrected chi connectivity index (χ4v) is 5.50. The summed E-state index contributed by atoms with van der Waals surface area (Å²) in [5, 5.41) is 0. The summed E-state index contributed by atoms with van der Waals surface area (Å²) in [7, 11) is -0.643. The van der Waals surface area contributed by atoms with Crippen LogP contribution in [0, 0.1) is 0 Å². The number of benzene rings is 1. The molecule has 1 aliphatic heterocycles. The highest BCUT2D eigenvalue weighted by molar-refractivity contribution is 7.61. The molecular weight excluding hydrogens is 245 g/mol. The molecule has 100 valence electrons. The van der Waals surface area contributed by atoms with Crippen LogP contribution in [0.15, 0.2) is 30.3 Å². The Morgan fingerprint density at radius 3 is 2.33 bits per heavy atom. The number of anilines is 1. The summed E-state index contributed by atoms with van der Waals surface area (Å²) in [5.74, 6) is 0. The van der Waals surface area contributed by atoms with Gasteiger partial charge in [0.25, 0.3) is 0 Å². The molecule has 1 aliphatic rings. The predicted molar refractivity (Wildman–Crippen MR) is 76.9 cm³/mol. The van der Waals surface area contributed by atoms with E-state index in [1.807, 2.05) is 42.0 Å². The molecule has 1 unspecified atom stereocenters. The molecule has 0 saturated carbocycles. The average molecular weight is 267 g/mol. The second kappa shape index (κ2) is 5.43. The lowest BCUT2D eigenvalue weighted by Crippen LogP contribution is -2.32. The predicted octanol–water partition coefficient (Wildman–Crippen LogP) is 2.89. The van der Waals surface area contributed by atoms with E-state index in [9.17, 15) is 4.57 Å². The highest BCUT2D eigenvalue weighted by Gasteiger charge is 2.44. The topological polar surface area (TPSA) is 26.8 Å². The monoisotopic (exact) mass is 267 g/mol. The zero-order chi connectivity index (χ0) is 13.2. The zero-order valence-corrected chi connectivity index (χ0v) is 12.3. The van der Waals surface area contributed by atoms with Crippen molar-refractivity contribution in [1.29, 1.82) is 0 Å². The molecule has 0 aromatic heterocycles. The lowest BCUT2D eigenvalue weighted by atomic mass is 10.3. The lowest BCUT2D eigenvalue weighted by molar-refractivity contribution is 0.396. The Hall–Kier alpha value is -0.830. The maximum atomic E-state index is 13.4. The van der Waals surface area contributed by atoms with E-state index in [0.29, 0.717) is 0 Å². The third-order valence-electron chi connectivity index (χ3n) is 3.55. The summed E-state index contributed by atoms with van der Waals surface area (Å²) in [6.07, 6.45) is 0. The first kappa shape index (κ1) is 13.6. The van der Waals surface area contributed by atoms with E-state index in [-0.39, 0.29) is 0 Å². The first-order chi connectivity index (χ1) is 8.64. The van der Waals surface area contributed by atoms with Gasteiger partial charge in [-0.3, -0.25) is 9.24 Å². The highest BCUT2D eigenvalue weighted by Crippen LogP contribution is 2.59. The van der Waals surface area contributed by atoms with Crippen LogP contribution in [0.5, 0.6) is 0 Å². The quantitative estimate of drug-likeness (QED) is 0.784. The summed E-state index contributed by atoms with van der Waals surface area (Å²) >= 11 is 0. The molecule has 0 amide bonds. The summed E-state index contributed by atoms with van der Waals surface area (Å²) in [5.41, 5.74) is 1.05. The van der Waals surface area contributed by atoms with Gasteiger partial charge in [0.05, 0.1) is 0 Å². The minimum atomic E-state index is -2.60. The molecule has 1 heterocycles. The van der Waals surface area contributed by atoms with Crippen LogP contribution in [0.2, 0.25) is 0 Å². The number of para-hydroxylation sites is 1. The molecule has 0 aliphatic carbocycles. The molecule has 18 heavy (non-hydrogen) atoms. The van der Waals surface area contributed by atoms with E-state index < -0.39 is 7.59 Å². The van der Waals surface area contributed by atoms with Gasteiger partial charge in [-0.05, 0) is 19.2 Å². The van der Waals surface area contributed by atoms with Crippen molar-refractivity contribution in [3.63, 3.8) is 0 Å². The minimum Gasteiger partial charge on any atom is -0.298 e. The van der Waals surface area contributed by atoms with Crippen LogP contribution < -0.4 is 4.67 Å². The number of nitrogens with zero attached hydrogens (tertiary/aromatic N) is 3. The third-order valence-corrected chi connectivity index (χ3v) is 7.00. The Morgan fingerprint density at radius 1 is 1.17 bits per heavy atom. The average Bonchev–Trinajstić information content (AvgIpc) is 2.69. The molecular formula is C13H22N3OP. The van der Waals surface area contributed by atoms with Crippen molar-refractivity contribution < 1.29 is 4.57 Å². The van der Waals surface area contributed by atoms with Crippen LogP contribution in [0.25, 0.3) is 0 Å². The molecule has 1 fully saturated rings. The molecule has 0 spiro atoms. The molecule has 0 N–H and O–H groups in total.